The molecule has 0 bridgehead atoms. The zero-order valence-corrected chi connectivity index (χ0v) is 16.7. The van der Waals surface area contributed by atoms with E-state index in [0.29, 0.717) is 23.7 Å². The number of Topliss-reactive ketones (excluding diaryl/α,β-unsaturated/α-hetero) is 1. The van der Waals surface area contributed by atoms with Gasteiger partial charge in [-0.25, -0.2) is 8.42 Å². The molecule has 0 atom stereocenters. The molecule has 140 valence electrons. The minimum atomic E-state index is -3.52. The summed E-state index contributed by atoms with van der Waals surface area (Å²) in [5.41, 5.74) is 2.13. The summed E-state index contributed by atoms with van der Waals surface area (Å²) < 4.78 is 26.3. The van der Waals surface area contributed by atoms with Gasteiger partial charge in [-0.1, -0.05) is 31.5 Å². The summed E-state index contributed by atoms with van der Waals surface area (Å²) in [7, 11) is -3.52. The van der Waals surface area contributed by atoms with Gasteiger partial charge in [-0.2, -0.15) is 4.31 Å². The van der Waals surface area contributed by atoms with Gasteiger partial charge in [0.05, 0.1) is 11.4 Å². The van der Waals surface area contributed by atoms with E-state index >= 15 is 0 Å². The van der Waals surface area contributed by atoms with Crippen molar-refractivity contribution in [3.8, 4) is 0 Å². The van der Waals surface area contributed by atoms with Gasteiger partial charge in [0.1, 0.15) is 0 Å². The molecule has 0 aromatic heterocycles. The van der Waals surface area contributed by atoms with Crippen LogP contribution >= 0.6 is 11.6 Å². The smallest absolute Gasteiger partial charge is 0.243 e. The van der Waals surface area contributed by atoms with Crippen molar-refractivity contribution in [3.63, 3.8) is 0 Å². The number of nitrogens with zero attached hydrogens (tertiary/aromatic N) is 1. The van der Waals surface area contributed by atoms with Gasteiger partial charge in [-0.05, 0) is 48.9 Å². The molecule has 7 heteroatoms. The molecule has 0 fully saturated rings. The number of carbonyl (C=O) groups excluding carboxylic acids is 1. The maximum absolute atomic E-state index is 12.5. The normalized spacial score (nSPS) is 11.6. The second-order valence-electron chi connectivity index (χ2n) is 5.80. The summed E-state index contributed by atoms with van der Waals surface area (Å²) in [6.07, 6.45) is 0. The minimum absolute atomic E-state index is 0.101. The van der Waals surface area contributed by atoms with Crippen LogP contribution in [0.3, 0.4) is 0 Å². The molecule has 0 saturated heterocycles. The lowest BCUT2D eigenvalue weighted by Crippen LogP contribution is -2.30. The molecular formula is C19H23ClN2O3S. The lowest BCUT2D eigenvalue weighted by molar-refractivity contribution is 0.101. The Morgan fingerprint density at radius 1 is 1.08 bits per heavy atom. The van der Waals surface area contributed by atoms with E-state index in [1.54, 1.807) is 32.0 Å². The molecule has 26 heavy (non-hydrogen) atoms. The van der Waals surface area contributed by atoms with E-state index < -0.39 is 10.0 Å². The number of hydrogen-bond acceptors (Lipinski definition) is 4. The van der Waals surface area contributed by atoms with E-state index in [2.05, 4.69) is 5.32 Å². The number of benzene rings is 2. The number of sulfonamides is 1. The van der Waals surface area contributed by atoms with Crippen molar-refractivity contribution in [3.05, 3.63) is 58.6 Å². The summed E-state index contributed by atoms with van der Waals surface area (Å²) in [5, 5.41) is 3.71. The van der Waals surface area contributed by atoms with Crippen molar-refractivity contribution in [1.82, 2.24) is 4.31 Å². The first-order valence-electron chi connectivity index (χ1n) is 8.43. The Morgan fingerprint density at radius 2 is 1.69 bits per heavy atom. The Bertz CT molecular complexity index is 876. The lowest BCUT2D eigenvalue weighted by Gasteiger charge is -2.18. The average molecular weight is 395 g/mol. The number of anilines is 1. The summed E-state index contributed by atoms with van der Waals surface area (Å²) in [6.45, 7) is 6.38. The van der Waals surface area contributed by atoms with E-state index in [0.717, 1.165) is 11.3 Å². The Hall–Kier alpha value is -1.89. The van der Waals surface area contributed by atoms with E-state index in [1.165, 1.54) is 16.4 Å². The summed E-state index contributed by atoms with van der Waals surface area (Å²) in [5.74, 6) is -0.129. The van der Waals surface area contributed by atoms with Gasteiger partial charge in [0, 0.05) is 29.4 Å². The zero-order chi connectivity index (χ0) is 19.3. The van der Waals surface area contributed by atoms with Crippen LogP contribution in [0.1, 0.15) is 29.8 Å². The Labute approximate surface area is 160 Å². The van der Waals surface area contributed by atoms with E-state index in [-0.39, 0.29) is 17.2 Å². The van der Waals surface area contributed by atoms with Crippen LogP contribution in [0, 0.1) is 6.92 Å². The van der Waals surface area contributed by atoms with Crippen LogP contribution in [0.4, 0.5) is 5.69 Å². The highest BCUT2D eigenvalue weighted by molar-refractivity contribution is 7.89. The van der Waals surface area contributed by atoms with Gasteiger partial charge in [-0.15, -0.1) is 0 Å². The van der Waals surface area contributed by atoms with Gasteiger partial charge >= 0.3 is 0 Å². The fourth-order valence-corrected chi connectivity index (χ4v) is 4.23. The van der Waals surface area contributed by atoms with E-state index in [1.807, 2.05) is 19.1 Å². The highest BCUT2D eigenvalue weighted by Gasteiger charge is 2.21. The molecule has 0 unspecified atom stereocenters. The molecule has 0 radical (unpaired) electrons. The quantitative estimate of drug-likeness (QED) is 0.688. The van der Waals surface area contributed by atoms with Crippen molar-refractivity contribution in [2.45, 2.75) is 25.7 Å². The van der Waals surface area contributed by atoms with Gasteiger partial charge in [0.2, 0.25) is 10.0 Å². The van der Waals surface area contributed by atoms with Gasteiger partial charge in [-0.3, -0.25) is 4.79 Å². The molecule has 0 saturated carbocycles. The van der Waals surface area contributed by atoms with Crippen LogP contribution < -0.4 is 5.32 Å². The summed E-state index contributed by atoms with van der Waals surface area (Å²) in [6, 6.07) is 11.5. The van der Waals surface area contributed by atoms with E-state index in [4.69, 9.17) is 11.6 Å². The molecule has 0 spiro atoms. The molecule has 2 aromatic rings. The molecule has 0 heterocycles. The largest absolute Gasteiger partial charge is 0.377 e. The third-order valence-corrected chi connectivity index (χ3v) is 6.70. The van der Waals surface area contributed by atoms with Crippen LogP contribution in [0.25, 0.3) is 0 Å². The van der Waals surface area contributed by atoms with E-state index in [9.17, 15) is 13.2 Å². The summed E-state index contributed by atoms with van der Waals surface area (Å²) in [4.78, 5) is 12.6. The zero-order valence-electron chi connectivity index (χ0n) is 15.1. The van der Waals surface area contributed by atoms with Crippen LogP contribution in [0.15, 0.2) is 47.4 Å². The van der Waals surface area contributed by atoms with Crippen LogP contribution in [0.5, 0.6) is 0 Å². The average Bonchev–Trinajstić information content (AvgIpc) is 2.63. The highest BCUT2D eigenvalue weighted by Crippen LogP contribution is 2.23. The number of carbonyl (C=O) groups is 1. The first kappa shape index (κ1) is 20.4. The maximum Gasteiger partial charge on any atom is 0.243 e. The predicted octanol–water partition coefficient (Wildman–Crippen LogP) is 3.97. The third kappa shape index (κ3) is 4.44. The Balaban J connectivity index is 2.10. The number of hydrogen-bond donors (Lipinski definition) is 1. The molecule has 5 nitrogen and oxygen atoms in total. The molecule has 0 aliphatic heterocycles. The second kappa shape index (κ2) is 8.66. The molecule has 1 N–H and O–H groups in total. The number of nitrogens with one attached hydrogen (secondary N) is 1. The number of ketones is 1. The SMILES string of the molecule is CCN(CC)S(=O)(=O)c1ccc(C(=O)CNc2cccc(Cl)c2C)cc1. The molecular weight excluding hydrogens is 372 g/mol. The standard InChI is InChI=1S/C19H23ClN2O3S/c1-4-22(5-2)26(24,25)16-11-9-15(10-12-16)19(23)13-21-18-8-6-7-17(20)14(18)3/h6-12,21H,4-5,13H2,1-3H3. The third-order valence-electron chi connectivity index (χ3n) is 4.23. The van der Waals surface area contributed by atoms with Crippen LogP contribution in [0.2, 0.25) is 5.02 Å². The van der Waals surface area contributed by atoms with Gasteiger partial charge < -0.3 is 5.32 Å². The van der Waals surface area contributed by atoms with Crippen molar-refractivity contribution in [1.29, 1.82) is 0 Å². The second-order valence-corrected chi connectivity index (χ2v) is 8.15. The summed E-state index contributed by atoms with van der Waals surface area (Å²) >= 11 is 6.07. The fourth-order valence-electron chi connectivity index (χ4n) is 2.60. The van der Waals surface area contributed by atoms with Crippen LogP contribution in [-0.4, -0.2) is 38.1 Å². The number of rotatable bonds is 8. The first-order valence-corrected chi connectivity index (χ1v) is 10.3. The first-order chi connectivity index (χ1) is 12.3. The van der Waals surface area contributed by atoms with Crippen molar-refractivity contribution in [2.24, 2.45) is 0 Å². The number of halogens is 1. The minimum Gasteiger partial charge on any atom is -0.377 e. The van der Waals surface area contributed by atoms with Gasteiger partial charge in [0.25, 0.3) is 0 Å². The van der Waals surface area contributed by atoms with Crippen molar-refractivity contribution in [2.75, 3.05) is 25.0 Å². The Kier molecular flexibility index (Phi) is 6.81. The van der Waals surface area contributed by atoms with Crippen molar-refractivity contribution >= 4 is 33.1 Å². The molecule has 2 rings (SSSR count). The monoisotopic (exact) mass is 394 g/mol. The lowest BCUT2D eigenvalue weighted by atomic mass is 10.1. The fraction of sp³-hybridized carbons (Fsp3) is 0.316. The molecule has 2 aromatic carbocycles. The molecule has 0 aliphatic rings. The molecule has 0 aliphatic carbocycles. The van der Waals surface area contributed by atoms with Crippen LogP contribution in [-0.2, 0) is 10.0 Å². The van der Waals surface area contributed by atoms with Gasteiger partial charge in [0.15, 0.2) is 5.78 Å². The topological polar surface area (TPSA) is 66.5 Å². The molecule has 0 amide bonds. The van der Waals surface area contributed by atoms with Crippen molar-refractivity contribution < 1.29 is 13.2 Å². The highest BCUT2D eigenvalue weighted by atomic mass is 35.5. The predicted molar refractivity (Wildman–Crippen MR) is 106 cm³/mol. The maximum atomic E-state index is 12.5. The Morgan fingerprint density at radius 3 is 2.27 bits per heavy atom.